The number of rotatable bonds is 60. The molecule has 1 amide bonds. The molecular weight excluding hydrogens is 875 g/mol. The molecule has 0 aliphatic rings. The molecule has 2 unspecified atom stereocenters. The molecule has 0 aliphatic heterocycles. The van der Waals surface area contributed by atoms with Gasteiger partial charge in [0.05, 0.1) is 25.4 Å². The average Bonchev–Trinajstić information content (AvgIpc) is 3.37. The third-order valence-electron chi connectivity index (χ3n) is 15.0. The van der Waals surface area contributed by atoms with Crippen LogP contribution in [-0.2, 0) is 14.3 Å². The van der Waals surface area contributed by atoms with Crippen LogP contribution in [0.1, 0.15) is 354 Å². The molecule has 0 heterocycles. The van der Waals surface area contributed by atoms with Gasteiger partial charge >= 0.3 is 5.97 Å². The van der Waals surface area contributed by atoms with Gasteiger partial charge in [0.25, 0.3) is 0 Å². The van der Waals surface area contributed by atoms with Crippen LogP contribution in [0.15, 0.2) is 24.3 Å². The molecule has 0 saturated heterocycles. The van der Waals surface area contributed by atoms with Crippen molar-refractivity contribution >= 4 is 11.9 Å². The van der Waals surface area contributed by atoms with Gasteiger partial charge in [-0.2, -0.15) is 0 Å². The third kappa shape index (κ3) is 57.5. The number of allylic oxidation sites excluding steroid dienone is 4. The fourth-order valence-corrected chi connectivity index (χ4v) is 10.0. The van der Waals surface area contributed by atoms with Gasteiger partial charge in [0.2, 0.25) is 5.91 Å². The Balaban J connectivity index is 3.46. The molecular formula is C65H125NO5. The second-order valence-corrected chi connectivity index (χ2v) is 22.1. The first kappa shape index (κ1) is 69.3. The van der Waals surface area contributed by atoms with E-state index in [0.29, 0.717) is 25.9 Å². The van der Waals surface area contributed by atoms with Crippen molar-refractivity contribution in [2.75, 3.05) is 13.2 Å². The quantitative estimate of drug-likeness (QED) is 0.0320. The molecule has 420 valence electrons. The van der Waals surface area contributed by atoms with E-state index in [-0.39, 0.29) is 18.5 Å². The second-order valence-electron chi connectivity index (χ2n) is 22.1. The normalized spacial score (nSPS) is 12.7. The third-order valence-corrected chi connectivity index (χ3v) is 15.0. The lowest BCUT2D eigenvalue weighted by Gasteiger charge is -2.22. The summed E-state index contributed by atoms with van der Waals surface area (Å²) in [5.41, 5.74) is 0. The minimum atomic E-state index is -0.676. The zero-order valence-corrected chi connectivity index (χ0v) is 48.0. The average molecular weight is 1000 g/mol. The fourth-order valence-electron chi connectivity index (χ4n) is 10.0. The summed E-state index contributed by atoms with van der Waals surface area (Å²) in [5, 5.41) is 23.4. The summed E-state index contributed by atoms with van der Waals surface area (Å²) in [4.78, 5) is 24.6. The van der Waals surface area contributed by atoms with Crippen molar-refractivity contribution in [3.05, 3.63) is 24.3 Å². The van der Waals surface area contributed by atoms with Crippen LogP contribution in [0.2, 0.25) is 0 Å². The highest BCUT2D eigenvalue weighted by molar-refractivity contribution is 5.76. The van der Waals surface area contributed by atoms with Crippen LogP contribution in [0, 0.1) is 0 Å². The van der Waals surface area contributed by atoms with Crippen LogP contribution in [0.25, 0.3) is 0 Å². The number of aliphatic hydroxyl groups excluding tert-OH is 2. The van der Waals surface area contributed by atoms with Crippen molar-refractivity contribution in [1.29, 1.82) is 0 Å². The fraction of sp³-hybridized carbons (Fsp3) is 0.908. The number of carbonyl (C=O) groups is 2. The Labute approximate surface area is 443 Å². The van der Waals surface area contributed by atoms with Crippen molar-refractivity contribution in [2.45, 2.75) is 366 Å². The molecule has 3 N–H and O–H groups in total. The van der Waals surface area contributed by atoms with E-state index in [1.54, 1.807) is 0 Å². The van der Waals surface area contributed by atoms with E-state index >= 15 is 0 Å². The van der Waals surface area contributed by atoms with Gasteiger partial charge in [0, 0.05) is 12.8 Å². The van der Waals surface area contributed by atoms with Crippen molar-refractivity contribution in [3.8, 4) is 0 Å². The molecule has 2 atom stereocenters. The minimum Gasteiger partial charge on any atom is -0.466 e. The van der Waals surface area contributed by atoms with Crippen molar-refractivity contribution in [2.24, 2.45) is 0 Å². The van der Waals surface area contributed by atoms with Crippen molar-refractivity contribution in [3.63, 3.8) is 0 Å². The monoisotopic (exact) mass is 1000 g/mol. The molecule has 6 nitrogen and oxygen atoms in total. The number of esters is 1. The van der Waals surface area contributed by atoms with Gasteiger partial charge in [-0.1, -0.05) is 289 Å². The molecule has 0 radical (unpaired) electrons. The van der Waals surface area contributed by atoms with Gasteiger partial charge in [0.1, 0.15) is 0 Å². The highest BCUT2D eigenvalue weighted by Crippen LogP contribution is 2.18. The van der Waals surface area contributed by atoms with Crippen molar-refractivity contribution < 1.29 is 24.5 Å². The molecule has 0 aromatic heterocycles. The number of unbranched alkanes of at least 4 members (excludes halogenated alkanes) is 45. The Morgan fingerprint density at radius 2 is 0.662 bits per heavy atom. The summed E-state index contributed by atoms with van der Waals surface area (Å²) in [6.07, 6.45) is 74.7. The van der Waals surface area contributed by atoms with Crippen LogP contribution in [-0.4, -0.2) is 47.4 Å². The predicted octanol–water partition coefficient (Wildman–Crippen LogP) is 20.2. The Morgan fingerprint density at radius 3 is 1.00 bits per heavy atom. The van der Waals surface area contributed by atoms with Gasteiger partial charge in [-0.25, -0.2) is 0 Å². The maximum Gasteiger partial charge on any atom is 0.305 e. The molecule has 0 aliphatic carbocycles. The molecule has 0 spiro atoms. The molecule has 0 rings (SSSR count). The minimum absolute atomic E-state index is 0.00985. The molecule has 0 aromatic carbocycles. The number of aliphatic hydroxyl groups is 2. The van der Waals surface area contributed by atoms with Crippen LogP contribution in [0.5, 0.6) is 0 Å². The first-order chi connectivity index (χ1) is 35.0. The van der Waals surface area contributed by atoms with Gasteiger partial charge < -0.3 is 20.3 Å². The zero-order valence-electron chi connectivity index (χ0n) is 48.0. The van der Waals surface area contributed by atoms with Crippen LogP contribution in [0.4, 0.5) is 0 Å². The molecule has 0 saturated carbocycles. The topological polar surface area (TPSA) is 95.9 Å². The van der Waals surface area contributed by atoms with E-state index in [4.69, 9.17) is 4.74 Å². The van der Waals surface area contributed by atoms with E-state index in [2.05, 4.69) is 43.5 Å². The van der Waals surface area contributed by atoms with Crippen LogP contribution in [0.3, 0.4) is 0 Å². The maximum atomic E-state index is 12.5. The van der Waals surface area contributed by atoms with Gasteiger partial charge in [-0.3, -0.25) is 9.59 Å². The lowest BCUT2D eigenvalue weighted by atomic mass is 10.0. The Hall–Kier alpha value is -1.66. The number of hydrogen-bond acceptors (Lipinski definition) is 5. The summed E-state index contributed by atoms with van der Waals surface area (Å²) in [5.74, 6) is -0.0585. The molecule has 0 fully saturated rings. The van der Waals surface area contributed by atoms with Crippen molar-refractivity contribution in [1.82, 2.24) is 5.32 Å². The smallest absolute Gasteiger partial charge is 0.305 e. The van der Waals surface area contributed by atoms with E-state index in [1.165, 1.54) is 257 Å². The van der Waals surface area contributed by atoms with Gasteiger partial charge in [-0.05, 0) is 77.0 Å². The first-order valence-corrected chi connectivity index (χ1v) is 32.1. The zero-order chi connectivity index (χ0) is 51.4. The summed E-state index contributed by atoms with van der Waals surface area (Å²) in [6.45, 7) is 4.95. The Bertz CT molecular complexity index is 1110. The van der Waals surface area contributed by atoms with Gasteiger partial charge in [-0.15, -0.1) is 0 Å². The van der Waals surface area contributed by atoms with Gasteiger partial charge in [0.15, 0.2) is 0 Å². The summed E-state index contributed by atoms with van der Waals surface area (Å²) < 4.78 is 5.47. The maximum absolute atomic E-state index is 12.5. The lowest BCUT2D eigenvalue weighted by Crippen LogP contribution is -2.45. The van der Waals surface area contributed by atoms with Crippen LogP contribution < -0.4 is 5.32 Å². The molecule has 0 bridgehead atoms. The van der Waals surface area contributed by atoms with E-state index in [0.717, 1.165) is 64.2 Å². The Kier molecular flexibility index (Phi) is 59.5. The number of ether oxygens (including phenoxy) is 1. The van der Waals surface area contributed by atoms with E-state index in [1.807, 2.05) is 0 Å². The largest absolute Gasteiger partial charge is 0.466 e. The van der Waals surface area contributed by atoms with Crippen LogP contribution >= 0.6 is 0 Å². The number of nitrogens with one attached hydrogen (secondary N) is 1. The highest BCUT2D eigenvalue weighted by Gasteiger charge is 2.20. The van der Waals surface area contributed by atoms with E-state index in [9.17, 15) is 19.8 Å². The first-order valence-electron chi connectivity index (χ1n) is 32.1. The molecule has 0 aromatic rings. The molecule has 71 heavy (non-hydrogen) atoms. The van der Waals surface area contributed by atoms with E-state index < -0.39 is 12.1 Å². The SMILES string of the molecule is CCCCCCCC/C=C\CCCCCCCC(=O)OCCCCCCCCC/C=C\CCCCCCCC(=O)NC(CO)C(O)CCCCCCCCCCCCCCCCCCCCCCCCC. The standard InChI is InChI=1S/C65H125NO5/c1-3-5-7-9-11-13-15-17-19-20-21-22-23-24-25-26-30-33-37-41-45-49-53-57-63(68)62(61-67)66-64(69)58-54-50-46-42-38-34-31-27-28-32-36-40-44-48-52-56-60-71-65(70)59-55-51-47-43-39-35-29-18-16-14-12-10-8-6-4-2/h18,27,29,31,62-63,67-68H,3-17,19-26,28,30,32-61H2,1-2H3,(H,66,69)/b29-18-,31-27-. The number of hydrogen-bond donors (Lipinski definition) is 3. The lowest BCUT2D eigenvalue weighted by molar-refractivity contribution is -0.143. The number of amides is 1. The molecule has 6 heteroatoms. The summed E-state index contributed by atoms with van der Waals surface area (Å²) in [7, 11) is 0. The predicted molar refractivity (Wildman–Crippen MR) is 310 cm³/mol. The second kappa shape index (κ2) is 60.9. The number of carbonyl (C=O) groups excluding carboxylic acids is 2. The highest BCUT2D eigenvalue weighted by atomic mass is 16.5. The summed E-state index contributed by atoms with van der Waals surface area (Å²) in [6, 6.07) is -0.555. The summed E-state index contributed by atoms with van der Waals surface area (Å²) >= 11 is 0. The Morgan fingerprint density at radius 1 is 0.380 bits per heavy atom.